The summed E-state index contributed by atoms with van der Waals surface area (Å²) < 4.78 is 4.02. The van der Waals surface area contributed by atoms with E-state index in [9.17, 15) is 5.11 Å². The van der Waals surface area contributed by atoms with E-state index in [1.807, 2.05) is 28.9 Å². The van der Waals surface area contributed by atoms with E-state index in [1.165, 1.54) is 5.56 Å². The number of aliphatic hydroxyl groups excluding tert-OH is 1. The topological polar surface area (TPSA) is 55.9 Å². The zero-order chi connectivity index (χ0) is 15.7. The summed E-state index contributed by atoms with van der Waals surface area (Å²) in [5.74, 6) is 0. The van der Waals surface area contributed by atoms with E-state index >= 15 is 0 Å². The molecule has 2 heterocycles. The van der Waals surface area contributed by atoms with Crippen molar-refractivity contribution in [3.05, 3.63) is 47.8 Å². The molecule has 0 fully saturated rings. The second-order valence-corrected chi connectivity index (χ2v) is 6.62. The molecule has 2 aromatic heterocycles. The number of aromatic nitrogens is 4. The maximum Gasteiger partial charge on any atom is 0.113 e. The highest BCUT2D eigenvalue weighted by Gasteiger charge is 2.18. The number of nitrogens with zero attached hydrogens (tertiary/aromatic N) is 4. The van der Waals surface area contributed by atoms with Crippen LogP contribution in [0.1, 0.15) is 32.0 Å². The molecule has 3 rings (SSSR count). The largest absolute Gasteiger partial charge is 0.395 e. The van der Waals surface area contributed by atoms with Gasteiger partial charge >= 0.3 is 0 Å². The average Bonchev–Trinajstić information content (AvgIpc) is 3.05. The summed E-state index contributed by atoms with van der Waals surface area (Å²) in [6.07, 6.45) is 2.13. The van der Waals surface area contributed by atoms with E-state index in [4.69, 9.17) is 0 Å². The molecule has 5 nitrogen and oxygen atoms in total. The number of fused-ring (bicyclic) bond motifs is 1. The molecule has 0 unspecified atom stereocenters. The SMILES string of the molecule is CC(C)(C)c1cc(Cn2nnc3ccccc32)n(CCO)c1. The van der Waals surface area contributed by atoms with Crippen molar-refractivity contribution in [2.75, 3.05) is 6.61 Å². The molecule has 0 amide bonds. The smallest absolute Gasteiger partial charge is 0.113 e. The molecule has 1 aromatic carbocycles. The van der Waals surface area contributed by atoms with Crippen LogP contribution in [0.4, 0.5) is 0 Å². The Labute approximate surface area is 130 Å². The molecule has 0 aliphatic rings. The van der Waals surface area contributed by atoms with Crippen molar-refractivity contribution >= 4 is 11.0 Å². The lowest BCUT2D eigenvalue weighted by Gasteiger charge is -2.15. The molecular formula is C17H22N4O. The predicted octanol–water partition coefficient (Wildman–Crippen LogP) is 2.57. The fourth-order valence-corrected chi connectivity index (χ4v) is 2.60. The first-order chi connectivity index (χ1) is 10.5. The fraction of sp³-hybridized carbons (Fsp3) is 0.412. The molecule has 0 radical (unpaired) electrons. The number of hydrogen-bond donors (Lipinski definition) is 1. The van der Waals surface area contributed by atoms with Crippen molar-refractivity contribution in [3.8, 4) is 0 Å². The molecule has 0 saturated heterocycles. The Hall–Kier alpha value is -2.14. The van der Waals surface area contributed by atoms with Crippen LogP contribution >= 0.6 is 0 Å². The van der Waals surface area contributed by atoms with Crippen LogP contribution in [0.15, 0.2) is 36.5 Å². The molecular weight excluding hydrogens is 276 g/mol. The van der Waals surface area contributed by atoms with Gasteiger partial charge in [0, 0.05) is 18.4 Å². The Balaban J connectivity index is 1.98. The van der Waals surface area contributed by atoms with Crippen molar-refractivity contribution < 1.29 is 5.11 Å². The van der Waals surface area contributed by atoms with Crippen LogP contribution in [0.5, 0.6) is 0 Å². The third-order valence-corrected chi connectivity index (χ3v) is 3.92. The van der Waals surface area contributed by atoms with Gasteiger partial charge in [-0.15, -0.1) is 5.10 Å². The van der Waals surface area contributed by atoms with E-state index in [-0.39, 0.29) is 12.0 Å². The summed E-state index contributed by atoms with van der Waals surface area (Å²) in [5, 5.41) is 17.8. The van der Waals surface area contributed by atoms with Gasteiger partial charge < -0.3 is 9.67 Å². The highest BCUT2D eigenvalue weighted by molar-refractivity contribution is 5.73. The van der Waals surface area contributed by atoms with E-state index in [2.05, 4.69) is 47.9 Å². The van der Waals surface area contributed by atoms with Gasteiger partial charge in [-0.1, -0.05) is 38.1 Å². The maximum atomic E-state index is 9.30. The molecule has 0 spiro atoms. The summed E-state index contributed by atoms with van der Waals surface area (Å²) in [6.45, 7) is 7.96. The zero-order valence-corrected chi connectivity index (χ0v) is 13.3. The van der Waals surface area contributed by atoms with Crippen LogP contribution in [-0.2, 0) is 18.5 Å². The molecule has 1 N–H and O–H groups in total. The molecule has 5 heteroatoms. The van der Waals surface area contributed by atoms with Crippen molar-refractivity contribution in [3.63, 3.8) is 0 Å². The van der Waals surface area contributed by atoms with Crippen molar-refractivity contribution in [2.24, 2.45) is 0 Å². The maximum absolute atomic E-state index is 9.30. The van der Waals surface area contributed by atoms with Crippen LogP contribution in [-0.4, -0.2) is 31.3 Å². The Morgan fingerprint density at radius 3 is 2.68 bits per heavy atom. The van der Waals surface area contributed by atoms with Gasteiger partial charge in [0.05, 0.1) is 18.7 Å². The zero-order valence-electron chi connectivity index (χ0n) is 13.3. The highest BCUT2D eigenvalue weighted by Crippen LogP contribution is 2.25. The minimum atomic E-state index is 0.0832. The molecule has 0 bridgehead atoms. The minimum absolute atomic E-state index is 0.0832. The van der Waals surface area contributed by atoms with Crippen LogP contribution in [0, 0.1) is 0 Å². The monoisotopic (exact) mass is 298 g/mol. The summed E-state index contributed by atoms with van der Waals surface area (Å²) in [6, 6.07) is 10.2. The van der Waals surface area contributed by atoms with Crippen molar-refractivity contribution in [1.82, 2.24) is 19.6 Å². The Morgan fingerprint density at radius 2 is 1.95 bits per heavy atom. The molecule has 0 aliphatic heterocycles. The molecule has 22 heavy (non-hydrogen) atoms. The first-order valence-electron chi connectivity index (χ1n) is 7.57. The van der Waals surface area contributed by atoms with Gasteiger partial charge in [0.1, 0.15) is 5.52 Å². The van der Waals surface area contributed by atoms with Crippen LogP contribution in [0.3, 0.4) is 0 Å². The first-order valence-corrected chi connectivity index (χ1v) is 7.57. The van der Waals surface area contributed by atoms with Gasteiger partial charge in [0.15, 0.2) is 0 Å². The average molecular weight is 298 g/mol. The standard InChI is InChI=1S/C17H22N4O/c1-17(2,3)13-10-14(20(11-13)8-9-22)12-21-16-7-5-4-6-15(16)18-19-21/h4-7,10-11,22H,8-9,12H2,1-3H3. The number of aliphatic hydroxyl groups is 1. The van der Waals surface area contributed by atoms with Gasteiger partial charge in [-0.3, -0.25) is 0 Å². The molecule has 0 saturated carbocycles. The molecule has 0 atom stereocenters. The number of para-hydroxylation sites is 1. The Morgan fingerprint density at radius 1 is 1.18 bits per heavy atom. The van der Waals surface area contributed by atoms with Crippen LogP contribution < -0.4 is 0 Å². The summed E-state index contributed by atoms with van der Waals surface area (Å²) >= 11 is 0. The molecule has 116 valence electrons. The number of rotatable bonds is 4. The third-order valence-electron chi connectivity index (χ3n) is 3.92. The molecule has 3 aromatic rings. The minimum Gasteiger partial charge on any atom is -0.395 e. The summed E-state index contributed by atoms with van der Waals surface area (Å²) in [7, 11) is 0. The van der Waals surface area contributed by atoms with Crippen molar-refractivity contribution in [1.29, 1.82) is 0 Å². The van der Waals surface area contributed by atoms with E-state index in [0.717, 1.165) is 16.7 Å². The lowest BCUT2D eigenvalue weighted by Crippen LogP contribution is -2.10. The second kappa shape index (κ2) is 5.57. The fourth-order valence-electron chi connectivity index (χ4n) is 2.60. The normalized spacial score (nSPS) is 12.2. The second-order valence-electron chi connectivity index (χ2n) is 6.62. The van der Waals surface area contributed by atoms with E-state index in [0.29, 0.717) is 13.1 Å². The number of hydrogen-bond acceptors (Lipinski definition) is 3. The summed E-state index contributed by atoms with van der Waals surface area (Å²) in [5.41, 5.74) is 4.41. The van der Waals surface area contributed by atoms with Crippen LogP contribution in [0.2, 0.25) is 0 Å². The lowest BCUT2D eigenvalue weighted by atomic mass is 9.89. The molecule has 0 aliphatic carbocycles. The number of benzene rings is 1. The van der Waals surface area contributed by atoms with E-state index < -0.39 is 0 Å². The lowest BCUT2D eigenvalue weighted by molar-refractivity contribution is 0.274. The van der Waals surface area contributed by atoms with Crippen molar-refractivity contribution in [2.45, 2.75) is 39.3 Å². The van der Waals surface area contributed by atoms with Gasteiger partial charge in [0.2, 0.25) is 0 Å². The predicted molar refractivity (Wildman–Crippen MR) is 86.8 cm³/mol. The van der Waals surface area contributed by atoms with E-state index in [1.54, 1.807) is 0 Å². The van der Waals surface area contributed by atoms with Gasteiger partial charge in [0.25, 0.3) is 0 Å². The van der Waals surface area contributed by atoms with Gasteiger partial charge in [-0.2, -0.15) is 0 Å². The highest BCUT2D eigenvalue weighted by atomic mass is 16.3. The summed E-state index contributed by atoms with van der Waals surface area (Å²) in [4.78, 5) is 0. The van der Waals surface area contributed by atoms with Crippen LogP contribution in [0.25, 0.3) is 11.0 Å². The first kappa shape index (κ1) is 14.8. The Bertz CT molecular complexity index is 779. The van der Waals surface area contributed by atoms with Gasteiger partial charge in [-0.05, 0) is 29.2 Å². The third kappa shape index (κ3) is 2.76. The Kier molecular flexibility index (Phi) is 3.74. The quantitative estimate of drug-likeness (QED) is 0.805. The van der Waals surface area contributed by atoms with Gasteiger partial charge in [-0.25, -0.2) is 4.68 Å².